The first kappa shape index (κ1) is 21.2. The summed E-state index contributed by atoms with van der Waals surface area (Å²) in [7, 11) is -3.81. The van der Waals surface area contributed by atoms with Gasteiger partial charge in [-0.2, -0.15) is 0 Å². The Balaban J connectivity index is 1.50. The average molecular weight is 466 g/mol. The molecule has 2 N–H and O–H groups in total. The zero-order valence-electron chi connectivity index (χ0n) is 15.9. The standard InChI is InChI=1S/C20H20ClN3O4S2/c21-15-6-2-1-5-13(15)12-22-30(27,28)14-7-8-17-16(11-14)23-19(25)18(29-17)20(26)24-9-3-4-10-24/h1-2,5-8,11,18,22H,3-4,9-10,12H2,(H,23,25)/t18-/m1/s1. The van der Waals surface area contributed by atoms with E-state index in [-0.39, 0.29) is 17.3 Å². The summed E-state index contributed by atoms with van der Waals surface area (Å²) in [4.78, 5) is 27.5. The summed E-state index contributed by atoms with van der Waals surface area (Å²) in [6, 6.07) is 11.5. The van der Waals surface area contributed by atoms with Crippen LogP contribution in [-0.2, 0) is 26.2 Å². The van der Waals surface area contributed by atoms with Crippen LogP contribution < -0.4 is 10.0 Å². The molecule has 2 aliphatic heterocycles. The number of nitrogens with one attached hydrogen (secondary N) is 2. The molecule has 1 fully saturated rings. The van der Waals surface area contributed by atoms with Crippen molar-refractivity contribution in [2.24, 2.45) is 0 Å². The van der Waals surface area contributed by atoms with Gasteiger partial charge in [0, 0.05) is 29.6 Å². The lowest BCUT2D eigenvalue weighted by atomic mass is 10.2. The van der Waals surface area contributed by atoms with Crippen LogP contribution in [0.2, 0.25) is 5.02 Å². The van der Waals surface area contributed by atoms with Crippen molar-refractivity contribution in [3.05, 3.63) is 53.1 Å². The van der Waals surface area contributed by atoms with Crippen molar-refractivity contribution in [2.45, 2.75) is 34.4 Å². The van der Waals surface area contributed by atoms with Gasteiger partial charge in [-0.1, -0.05) is 29.8 Å². The Kier molecular flexibility index (Phi) is 6.06. The van der Waals surface area contributed by atoms with Gasteiger partial charge in [0.15, 0.2) is 5.25 Å². The van der Waals surface area contributed by atoms with Gasteiger partial charge in [0.2, 0.25) is 21.8 Å². The largest absolute Gasteiger partial charge is 0.341 e. The molecule has 0 spiro atoms. The maximum atomic E-state index is 12.7. The van der Waals surface area contributed by atoms with Gasteiger partial charge < -0.3 is 10.2 Å². The molecule has 2 amide bonds. The lowest BCUT2D eigenvalue weighted by molar-refractivity contribution is -0.133. The number of hydrogen-bond acceptors (Lipinski definition) is 5. The van der Waals surface area contributed by atoms with Gasteiger partial charge >= 0.3 is 0 Å². The highest BCUT2D eigenvalue weighted by Gasteiger charge is 2.37. The van der Waals surface area contributed by atoms with Crippen LogP contribution >= 0.6 is 23.4 Å². The minimum absolute atomic E-state index is 0.0264. The Morgan fingerprint density at radius 2 is 1.93 bits per heavy atom. The molecule has 7 nitrogen and oxygen atoms in total. The molecule has 2 aliphatic rings. The molecule has 2 heterocycles. The van der Waals surface area contributed by atoms with Crippen LogP contribution in [0, 0.1) is 0 Å². The number of thioether (sulfide) groups is 1. The van der Waals surface area contributed by atoms with E-state index in [1.165, 1.54) is 12.1 Å². The molecule has 0 aromatic heterocycles. The van der Waals surface area contributed by atoms with Crippen molar-refractivity contribution in [1.29, 1.82) is 0 Å². The number of benzene rings is 2. The number of carbonyl (C=O) groups excluding carboxylic acids is 2. The first-order valence-corrected chi connectivity index (χ1v) is 12.2. The highest BCUT2D eigenvalue weighted by Crippen LogP contribution is 2.38. The molecule has 0 bridgehead atoms. The number of hydrogen-bond donors (Lipinski definition) is 2. The van der Waals surface area contributed by atoms with Gasteiger partial charge in [-0.25, -0.2) is 13.1 Å². The Morgan fingerprint density at radius 1 is 1.20 bits per heavy atom. The van der Waals surface area contributed by atoms with Gasteiger partial charge in [-0.3, -0.25) is 9.59 Å². The first-order valence-electron chi connectivity index (χ1n) is 9.48. The summed E-state index contributed by atoms with van der Waals surface area (Å²) in [6.07, 6.45) is 1.90. The smallest absolute Gasteiger partial charge is 0.247 e. The van der Waals surface area contributed by atoms with Crippen molar-refractivity contribution < 1.29 is 18.0 Å². The zero-order valence-corrected chi connectivity index (χ0v) is 18.3. The number of likely N-dealkylation sites (tertiary alicyclic amines) is 1. The van der Waals surface area contributed by atoms with E-state index in [9.17, 15) is 18.0 Å². The number of rotatable bonds is 5. The number of sulfonamides is 1. The Morgan fingerprint density at radius 3 is 2.67 bits per heavy atom. The number of carbonyl (C=O) groups is 2. The molecule has 1 saturated heterocycles. The number of nitrogens with zero attached hydrogens (tertiary/aromatic N) is 1. The van der Waals surface area contributed by atoms with Crippen molar-refractivity contribution in [1.82, 2.24) is 9.62 Å². The van der Waals surface area contributed by atoms with Crippen LogP contribution in [-0.4, -0.2) is 43.5 Å². The summed E-state index contributed by atoms with van der Waals surface area (Å²) >= 11 is 7.24. The molecule has 0 aliphatic carbocycles. The number of fused-ring (bicyclic) bond motifs is 1. The molecule has 2 aromatic carbocycles. The molecule has 4 rings (SSSR count). The first-order chi connectivity index (χ1) is 14.3. The quantitative estimate of drug-likeness (QED) is 0.662. The van der Waals surface area contributed by atoms with Gasteiger partial charge in [-0.05, 0) is 42.7 Å². The summed E-state index contributed by atoms with van der Waals surface area (Å²) < 4.78 is 27.9. The molecule has 10 heteroatoms. The summed E-state index contributed by atoms with van der Waals surface area (Å²) in [5.74, 6) is -0.623. The second kappa shape index (κ2) is 8.58. The fourth-order valence-electron chi connectivity index (χ4n) is 3.42. The molecule has 158 valence electrons. The normalized spacial score (nSPS) is 18.8. The molecule has 0 unspecified atom stereocenters. The third-order valence-corrected chi connectivity index (χ3v) is 8.08. The second-order valence-corrected chi connectivity index (χ2v) is 10.4. The maximum absolute atomic E-state index is 12.7. The topological polar surface area (TPSA) is 95.6 Å². The van der Waals surface area contributed by atoms with E-state index >= 15 is 0 Å². The molecule has 0 saturated carbocycles. The highest BCUT2D eigenvalue weighted by molar-refractivity contribution is 8.01. The Hall–Kier alpha value is -2.07. The van der Waals surface area contributed by atoms with Crippen molar-refractivity contribution >= 4 is 50.9 Å². The minimum atomic E-state index is -3.81. The molecular weight excluding hydrogens is 446 g/mol. The van der Waals surface area contributed by atoms with Crippen LogP contribution in [0.15, 0.2) is 52.3 Å². The van der Waals surface area contributed by atoms with Gasteiger partial charge in [0.1, 0.15) is 0 Å². The predicted octanol–water partition coefficient (Wildman–Crippen LogP) is 2.85. The van der Waals surface area contributed by atoms with E-state index in [1.807, 2.05) is 0 Å². The van der Waals surface area contributed by atoms with Crippen LogP contribution in [0.5, 0.6) is 0 Å². The fraction of sp³-hybridized carbons (Fsp3) is 0.300. The second-order valence-electron chi connectivity index (χ2n) is 7.09. The van der Waals surface area contributed by atoms with Crippen molar-refractivity contribution in [3.63, 3.8) is 0 Å². The third-order valence-electron chi connectivity index (χ3n) is 5.05. The van der Waals surface area contributed by atoms with Gasteiger partial charge in [-0.15, -0.1) is 11.8 Å². The molecule has 1 atom stereocenters. The lowest BCUT2D eigenvalue weighted by Gasteiger charge is -2.27. The van der Waals surface area contributed by atoms with E-state index in [4.69, 9.17) is 11.6 Å². The average Bonchev–Trinajstić information content (AvgIpc) is 3.27. The third kappa shape index (κ3) is 4.34. The maximum Gasteiger partial charge on any atom is 0.247 e. The molecule has 0 radical (unpaired) electrons. The summed E-state index contributed by atoms with van der Waals surface area (Å²) in [6.45, 7) is 1.39. The Bertz CT molecular complexity index is 1100. The summed E-state index contributed by atoms with van der Waals surface area (Å²) in [5, 5.41) is 2.31. The van der Waals surface area contributed by atoms with E-state index in [0.29, 0.717) is 34.3 Å². The minimum Gasteiger partial charge on any atom is -0.341 e. The van der Waals surface area contributed by atoms with E-state index in [0.717, 1.165) is 24.6 Å². The number of anilines is 1. The van der Waals surface area contributed by atoms with Crippen molar-refractivity contribution in [2.75, 3.05) is 18.4 Å². The van der Waals surface area contributed by atoms with Crippen LogP contribution in [0.4, 0.5) is 5.69 Å². The molecular formula is C20H20ClN3O4S2. The van der Waals surface area contributed by atoms with Gasteiger partial charge in [0.05, 0.1) is 10.6 Å². The zero-order chi connectivity index (χ0) is 21.3. The highest BCUT2D eigenvalue weighted by atomic mass is 35.5. The van der Waals surface area contributed by atoms with E-state index in [2.05, 4.69) is 10.0 Å². The lowest BCUT2D eigenvalue weighted by Crippen LogP contribution is -2.43. The Labute approximate surface area is 184 Å². The van der Waals surface area contributed by atoms with Crippen molar-refractivity contribution in [3.8, 4) is 0 Å². The molecule has 30 heavy (non-hydrogen) atoms. The van der Waals surface area contributed by atoms with Crippen LogP contribution in [0.3, 0.4) is 0 Å². The predicted molar refractivity (Wildman–Crippen MR) is 116 cm³/mol. The van der Waals surface area contributed by atoms with E-state index < -0.39 is 21.2 Å². The molecule has 2 aromatic rings. The van der Waals surface area contributed by atoms with Crippen LogP contribution in [0.25, 0.3) is 0 Å². The van der Waals surface area contributed by atoms with Gasteiger partial charge in [0.25, 0.3) is 0 Å². The monoisotopic (exact) mass is 465 g/mol. The summed E-state index contributed by atoms with van der Waals surface area (Å²) in [5.41, 5.74) is 1.05. The van der Waals surface area contributed by atoms with E-state index in [1.54, 1.807) is 35.2 Å². The fourth-order valence-corrected chi connectivity index (χ4v) is 5.71. The van der Waals surface area contributed by atoms with Crippen LogP contribution in [0.1, 0.15) is 18.4 Å². The number of halogens is 1. The number of amides is 2. The SMILES string of the molecule is O=C1Nc2cc(S(=O)(=O)NCc3ccccc3Cl)ccc2S[C@H]1C(=O)N1CCCC1.